The van der Waals surface area contributed by atoms with Crippen LogP contribution in [0.1, 0.15) is 80.8 Å². The second-order valence-electron chi connectivity index (χ2n) is 10.1. The summed E-state index contributed by atoms with van der Waals surface area (Å²) < 4.78 is 27.4. The fraction of sp³-hybridized carbons (Fsp3) is 0.500. The standard InChI is InChI=1S/C24H32N2O2S/c1-16-6-9-18(10-7-16)29(27,28)26(25)22-11-8-17-14-20-21(15-19(17)22)24(4,5)13-12-23(20,2)3/h6-7,9-10,14-15,22H,8,11-13,25H2,1-5H3. The van der Waals surface area contributed by atoms with E-state index in [9.17, 15) is 8.42 Å². The normalized spacial score (nSPS) is 22.4. The van der Waals surface area contributed by atoms with E-state index in [4.69, 9.17) is 5.84 Å². The molecule has 2 aliphatic carbocycles. The van der Waals surface area contributed by atoms with Crippen molar-refractivity contribution in [3.63, 3.8) is 0 Å². The first kappa shape index (κ1) is 20.6. The van der Waals surface area contributed by atoms with Crippen molar-refractivity contribution in [3.05, 3.63) is 64.2 Å². The summed E-state index contributed by atoms with van der Waals surface area (Å²) in [5.41, 5.74) is 6.34. The van der Waals surface area contributed by atoms with Gasteiger partial charge in [-0.3, -0.25) is 5.84 Å². The van der Waals surface area contributed by atoms with Crippen molar-refractivity contribution in [1.29, 1.82) is 0 Å². The Morgan fingerprint density at radius 2 is 1.52 bits per heavy atom. The summed E-state index contributed by atoms with van der Waals surface area (Å²) in [5, 5.41) is 0. The van der Waals surface area contributed by atoms with Gasteiger partial charge in [0, 0.05) is 0 Å². The van der Waals surface area contributed by atoms with Gasteiger partial charge < -0.3 is 0 Å². The lowest BCUT2D eigenvalue weighted by Crippen LogP contribution is -2.40. The minimum absolute atomic E-state index is 0.0856. The quantitative estimate of drug-likeness (QED) is 0.576. The molecule has 0 radical (unpaired) electrons. The molecule has 2 aliphatic rings. The molecule has 1 unspecified atom stereocenters. The Morgan fingerprint density at radius 1 is 0.966 bits per heavy atom. The van der Waals surface area contributed by atoms with E-state index < -0.39 is 10.0 Å². The van der Waals surface area contributed by atoms with Gasteiger partial charge in [-0.05, 0) is 77.8 Å². The molecule has 29 heavy (non-hydrogen) atoms. The van der Waals surface area contributed by atoms with Gasteiger partial charge in [0.2, 0.25) is 0 Å². The summed E-state index contributed by atoms with van der Waals surface area (Å²) in [6, 6.07) is 11.2. The molecular formula is C24H32N2O2S. The van der Waals surface area contributed by atoms with Gasteiger partial charge in [0.1, 0.15) is 0 Å². The summed E-state index contributed by atoms with van der Waals surface area (Å²) in [4.78, 5) is 0.249. The van der Waals surface area contributed by atoms with Gasteiger partial charge in [-0.1, -0.05) is 57.5 Å². The van der Waals surface area contributed by atoms with Crippen LogP contribution in [0.2, 0.25) is 0 Å². The number of fused-ring (bicyclic) bond motifs is 2. The van der Waals surface area contributed by atoms with Crippen LogP contribution in [0.5, 0.6) is 0 Å². The molecule has 2 aromatic carbocycles. The first-order valence-corrected chi connectivity index (χ1v) is 11.9. The van der Waals surface area contributed by atoms with Crippen LogP contribution in [0.25, 0.3) is 0 Å². The molecule has 5 heteroatoms. The smallest absolute Gasteiger partial charge is 0.254 e. The van der Waals surface area contributed by atoms with Crippen molar-refractivity contribution in [2.45, 2.75) is 82.1 Å². The Hall–Kier alpha value is -1.69. The van der Waals surface area contributed by atoms with Crippen LogP contribution >= 0.6 is 0 Å². The number of nitrogens with zero attached hydrogens (tertiary/aromatic N) is 1. The molecular weight excluding hydrogens is 380 g/mol. The lowest BCUT2D eigenvalue weighted by molar-refractivity contribution is 0.324. The number of sulfonamides is 1. The molecule has 0 saturated carbocycles. The molecule has 0 aliphatic heterocycles. The van der Waals surface area contributed by atoms with Crippen molar-refractivity contribution in [2.75, 3.05) is 0 Å². The van der Waals surface area contributed by atoms with Gasteiger partial charge in [0.15, 0.2) is 0 Å². The van der Waals surface area contributed by atoms with Crippen molar-refractivity contribution in [2.24, 2.45) is 5.84 Å². The molecule has 0 heterocycles. The average Bonchev–Trinajstić information content (AvgIpc) is 3.07. The summed E-state index contributed by atoms with van der Waals surface area (Å²) in [5.74, 6) is 6.28. The molecule has 2 aromatic rings. The minimum Gasteiger partial charge on any atom is -0.254 e. The number of hydrogen-bond donors (Lipinski definition) is 1. The van der Waals surface area contributed by atoms with Gasteiger partial charge in [-0.2, -0.15) is 0 Å². The lowest BCUT2D eigenvalue weighted by Gasteiger charge is -2.42. The molecule has 0 saturated heterocycles. The SMILES string of the molecule is Cc1ccc(S(=O)(=O)N(N)C2CCc3cc4c(cc32)C(C)(C)CCC4(C)C)cc1. The lowest BCUT2D eigenvalue weighted by atomic mass is 9.62. The van der Waals surface area contributed by atoms with E-state index in [0.29, 0.717) is 0 Å². The highest BCUT2D eigenvalue weighted by atomic mass is 32.2. The van der Waals surface area contributed by atoms with Crippen LogP contribution in [-0.4, -0.2) is 12.8 Å². The van der Waals surface area contributed by atoms with Gasteiger partial charge in [0.25, 0.3) is 10.0 Å². The molecule has 0 spiro atoms. The zero-order chi connectivity index (χ0) is 21.2. The van der Waals surface area contributed by atoms with Crippen LogP contribution in [0.3, 0.4) is 0 Å². The topological polar surface area (TPSA) is 63.4 Å². The van der Waals surface area contributed by atoms with Crippen LogP contribution in [0.4, 0.5) is 0 Å². The maximum Gasteiger partial charge on any atom is 0.256 e. The second kappa shape index (κ2) is 6.66. The highest BCUT2D eigenvalue weighted by molar-refractivity contribution is 7.89. The van der Waals surface area contributed by atoms with Crippen LogP contribution in [0, 0.1) is 6.92 Å². The van der Waals surface area contributed by atoms with Gasteiger partial charge in [0.05, 0.1) is 10.9 Å². The fourth-order valence-electron chi connectivity index (χ4n) is 4.91. The molecule has 0 aromatic heterocycles. The summed E-state index contributed by atoms with van der Waals surface area (Å²) in [6.45, 7) is 11.2. The monoisotopic (exact) mass is 412 g/mol. The number of hydrazine groups is 1. The molecule has 1 atom stereocenters. The number of hydrogen-bond acceptors (Lipinski definition) is 3. The Balaban J connectivity index is 1.76. The van der Waals surface area contributed by atoms with E-state index in [1.807, 2.05) is 19.1 Å². The van der Waals surface area contributed by atoms with E-state index in [1.165, 1.54) is 23.1 Å². The Bertz CT molecular complexity index is 1050. The van der Waals surface area contributed by atoms with E-state index in [2.05, 4.69) is 39.8 Å². The third-order valence-electron chi connectivity index (χ3n) is 7.06. The molecule has 2 N–H and O–H groups in total. The number of aryl methyl sites for hydroxylation is 2. The Morgan fingerprint density at radius 3 is 2.10 bits per heavy atom. The maximum absolute atomic E-state index is 13.2. The zero-order valence-corrected chi connectivity index (χ0v) is 18.9. The predicted molar refractivity (Wildman–Crippen MR) is 117 cm³/mol. The minimum atomic E-state index is -3.74. The highest BCUT2D eigenvalue weighted by Gasteiger charge is 2.41. The van der Waals surface area contributed by atoms with E-state index in [-0.39, 0.29) is 21.8 Å². The molecule has 0 fully saturated rings. The zero-order valence-electron chi connectivity index (χ0n) is 18.1. The third kappa shape index (κ3) is 3.33. The largest absolute Gasteiger partial charge is 0.256 e. The Kier molecular flexibility index (Phi) is 4.72. The predicted octanol–water partition coefficient (Wildman–Crippen LogP) is 4.90. The van der Waals surface area contributed by atoms with Crippen LogP contribution in [-0.2, 0) is 27.3 Å². The van der Waals surface area contributed by atoms with Crippen molar-refractivity contribution >= 4 is 10.0 Å². The molecule has 4 nitrogen and oxygen atoms in total. The number of rotatable bonds is 3. The van der Waals surface area contributed by atoms with Gasteiger partial charge >= 0.3 is 0 Å². The highest BCUT2D eigenvalue weighted by Crippen LogP contribution is 2.49. The van der Waals surface area contributed by atoms with Crippen LogP contribution in [0.15, 0.2) is 41.3 Å². The Labute approximate surface area is 175 Å². The summed E-state index contributed by atoms with van der Waals surface area (Å²) in [6.07, 6.45) is 3.88. The third-order valence-corrected chi connectivity index (χ3v) is 8.74. The first-order valence-electron chi connectivity index (χ1n) is 10.5. The van der Waals surface area contributed by atoms with Crippen LogP contribution < -0.4 is 5.84 Å². The van der Waals surface area contributed by atoms with Gasteiger partial charge in [-0.25, -0.2) is 8.42 Å². The number of benzene rings is 2. The fourth-order valence-corrected chi connectivity index (χ4v) is 6.19. The van der Waals surface area contributed by atoms with Crippen molar-refractivity contribution in [1.82, 2.24) is 4.41 Å². The van der Waals surface area contributed by atoms with Crippen molar-refractivity contribution < 1.29 is 8.42 Å². The van der Waals surface area contributed by atoms with E-state index in [0.717, 1.165) is 34.8 Å². The van der Waals surface area contributed by atoms with Gasteiger partial charge in [-0.15, -0.1) is 4.41 Å². The van der Waals surface area contributed by atoms with E-state index >= 15 is 0 Å². The molecule has 0 bridgehead atoms. The molecule has 0 amide bonds. The summed E-state index contributed by atoms with van der Waals surface area (Å²) in [7, 11) is -3.74. The summed E-state index contributed by atoms with van der Waals surface area (Å²) >= 11 is 0. The van der Waals surface area contributed by atoms with E-state index in [1.54, 1.807) is 12.1 Å². The van der Waals surface area contributed by atoms with Crippen molar-refractivity contribution in [3.8, 4) is 0 Å². The maximum atomic E-state index is 13.2. The molecule has 156 valence electrons. The first-order chi connectivity index (χ1) is 13.4. The second-order valence-corrected chi connectivity index (χ2v) is 11.9. The average molecular weight is 413 g/mol. The number of nitrogens with two attached hydrogens (primary N) is 1. The molecule has 4 rings (SSSR count).